The first-order valence-corrected chi connectivity index (χ1v) is 6.88. The summed E-state index contributed by atoms with van der Waals surface area (Å²) < 4.78 is 10.8. The van der Waals surface area contributed by atoms with Crippen molar-refractivity contribution in [1.29, 1.82) is 0 Å². The van der Waals surface area contributed by atoms with Gasteiger partial charge in [-0.3, -0.25) is 9.59 Å². The smallest absolute Gasteiger partial charge is 0.307 e. The molecule has 2 rings (SSSR count). The van der Waals surface area contributed by atoms with Gasteiger partial charge in [-0.15, -0.1) is 0 Å². The van der Waals surface area contributed by atoms with E-state index in [1.165, 1.54) is 0 Å². The van der Waals surface area contributed by atoms with Crippen LogP contribution in [0.3, 0.4) is 0 Å². The van der Waals surface area contributed by atoms with Crippen LogP contribution in [0.2, 0.25) is 0 Å². The molecule has 3 atom stereocenters. The lowest BCUT2D eigenvalue weighted by molar-refractivity contribution is -0.152. The third-order valence-corrected chi connectivity index (χ3v) is 3.79. The van der Waals surface area contributed by atoms with Gasteiger partial charge in [0.2, 0.25) is 5.91 Å². The molecule has 6 nitrogen and oxygen atoms in total. The molecule has 2 aliphatic rings. The Morgan fingerprint density at radius 2 is 2.05 bits per heavy atom. The Bertz CT molecular complexity index is 327. The molecular weight excluding hydrogens is 250 g/mol. The molecule has 1 aliphatic heterocycles. The summed E-state index contributed by atoms with van der Waals surface area (Å²) in [6, 6.07) is 0. The highest BCUT2D eigenvalue weighted by atomic mass is 16.5. The number of carboxylic acids is 1. The Balaban J connectivity index is 1.53. The largest absolute Gasteiger partial charge is 0.481 e. The van der Waals surface area contributed by atoms with E-state index in [9.17, 15) is 9.59 Å². The summed E-state index contributed by atoms with van der Waals surface area (Å²) in [5.41, 5.74) is 0. The predicted molar refractivity (Wildman–Crippen MR) is 66.7 cm³/mol. The van der Waals surface area contributed by atoms with Crippen molar-refractivity contribution in [2.45, 2.75) is 31.8 Å². The molecule has 108 valence electrons. The van der Waals surface area contributed by atoms with Gasteiger partial charge in [0.05, 0.1) is 24.5 Å². The first-order chi connectivity index (χ1) is 9.18. The van der Waals surface area contributed by atoms with Crippen LogP contribution in [-0.2, 0) is 19.1 Å². The van der Waals surface area contributed by atoms with Crippen LogP contribution in [0.25, 0.3) is 0 Å². The summed E-state index contributed by atoms with van der Waals surface area (Å²) >= 11 is 0. The molecule has 2 N–H and O–H groups in total. The summed E-state index contributed by atoms with van der Waals surface area (Å²) in [5.74, 6) is -1.84. The standard InChI is InChI=1S/C13H21NO5/c15-12(10-2-3-11(10)13(16)17)14-5-1-6-19-9-4-7-18-8-9/h9-11H,1-8H2,(H,14,15)(H,16,17). The van der Waals surface area contributed by atoms with E-state index in [0.717, 1.165) is 19.4 Å². The number of hydrogen-bond donors (Lipinski definition) is 2. The van der Waals surface area contributed by atoms with E-state index in [-0.39, 0.29) is 17.9 Å². The van der Waals surface area contributed by atoms with Crippen molar-refractivity contribution in [3.63, 3.8) is 0 Å². The molecule has 0 radical (unpaired) electrons. The van der Waals surface area contributed by atoms with Gasteiger partial charge in [0, 0.05) is 19.8 Å². The van der Waals surface area contributed by atoms with Crippen molar-refractivity contribution in [2.75, 3.05) is 26.4 Å². The van der Waals surface area contributed by atoms with Crippen LogP contribution in [0, 0.1) is 11.8 Å². The molecule has 6 heteroatoms. The zero-order valence-electron chi connectivity index (χ0n) is 11.0. The number of carbonyl (C=O) groups excluding carboxylic acids is 1. The van der Waals surface area contributed by atoms with Crippen molar-refractivity contribution in [3.8, 4) is 0 Å². The zero-order valence-corrected chi connectivity index (χ0v) is 11.0. The second kappa shape index (κ2) is 6.86. The van der Waals surface area contributed by atoms with E-state index in [0.29, 0.717) is 32.6 Å². The number of carboxylic acid groups (broad SMARTS) is 1. The van der Waals surface area contributed by atoms with Gasteiger partial charge >= 0.3 is 5.97 Å². The molecule has 3 unspecified atom stereocenters. The quantitative estimate of drug-likeness (QED) is 0.655. The minimum atomic E-state index is -0.865. The molecule has 0 bridgehead atoms. The number of amides is 1. The molecule has 0 aromatic rings. The van der Waals surface area contributed by atoms with Gasteiger partial charge < -0.3 is 19.9 Å². The second-order valence-electron chi connectivity index (χ2n) is 5.13. The summed E-state index contributed by atoms with van der Waals surface area (Å²) in [4.78, 5) is 22.5. The lowest BCUT2D eigenvalue weighted by atomic mass is 9.73. The molecule has 2 fully saturated rings. The first-order valence-electron chi connectivity index (χ1n) is 6.88. The van der Waals surface area contributed by atoms with Crippen molar-refractivity contribution < 1.29 is 24.2 Å². The fourth-order valence-corrected chi connectivity index (χ4v) is 2.42. The number of ether oxygens (including phenoxy) is 2. The van der Waals surface area contributed by atoms with E-state index < -0.39 is 11.9 Å². The highest BCUT2D eigenvalue weighted by Crippen LogP contribution is 2.34. The minimum absolute atomic E-state index is 0.136. The van der Waals surface area contributed by atoms with E-state index in [1.807, 2.05) is 0 Å². The van der Waals surface area contributed by atoms with Crippen molar-refractivity contribution in [3.05, 3.63) is 0 Å². The molecule has 1 saturated carbocycles. The SMILES string of the molecule is O=C(O)C1CCC1C(=O)NCCCOC1CCOC1. The second-order valence-corrected chi connectivity index (χ2v) is 5.13. The molecule has 1 saturated heterocycles. The fourth-order valence-electron chi connectivity index (χ4n) is 2.42. The van der Waals surface area contributed by atoms with Gasteiger partial charge in [-0.2, -0.15) is 0 Å². The monoisotopic (exact) mass is 271 g/mol. The normalized spacial score (nSPS) is 29.8. The average molecular weight is 271 g/mol. The van der Waals surface area contributed by atoms with Gasteiger partial charge in [-0.25, -0.2) is 0 Å². The first kappa shape index (κ1) is 14.3. The molecule has 0 spiro atoms. The number of hydrogen-bond acceptors (Lipinski definition) is 4. The van der Waals surface area contributed by atoms with Gasteiger partial charge in [0.1, 0.15) is 0 Å². The Labute approximate surface area is 112 Å². The minimum Gasteiger partial charge on any atom is -0.481 e. The highest BCUT2D eigenvalue weighted by Gasteiger charge is 2.41. The average Bonchev–Trinajstić information content (AvgIpc) is 2.79. The van der Waals surface area contributed by atoms with Crippen LogP contribution in [0.4, 0.5) is 0 Å². The Kier molecular flexibility index (Phi) is 5.15. The van der Waals surface area contributed by atoms with Crippen LogP contribution in [-0.4, -0.2) is 49.5 Å². The summed E-state index contributed by atoms with van der Waals surface area (Å²) in [5, 5.41) is 11.7. The van der Waals surface area contributed by atoms with E-state index in [4.69, 9.17) is 14.6 Å². The lowest BCUT2D eigenvalue weighted by Crippen LogP contribution is -2.44. The molecule has 1 amide bonds. The Hall–Kier alpha value is -1.14. The maximum atomic E-state index is 11.7. The molecule has 1 aliphatic carbocycles. The van der Waals surface area contributed by atoms with Gasteiger partial charge in [-0.1, -0.05) is 0 Å². The van der Waals surface area contributed by atoms with Gasteiger partial charge in [-0.05, 0) is 25.7 Å². The summed E-state index contributed by atoms with van der Waals surface area (Å²) in [6.45, 7) is 2.56. The van der Waals surface area contributed by atoms with Crippen LogP contribution in [0.5, 0.6) is 0 Å². The van der Waals surface area contributed by atoms with Crippen LogP contribution in [0.1, 0.15) is 25.7 Å². The van der Waals surface area contributed by atoms with E-state index in [1.54, 1.807) is 0 Å². The van der Waals surface area contributed by atoms with Gasteiger partial charge in [0.15, 0.2) is 0 Å². The third kappa shape index (κ3) is 3.91. The maximum absolute atomic E-state index is 11.7. The lowest BCUT2D eigenvalue weighted by Gasteiger charge is -2.31. The van der Waals surface area contributed by atoms with Gasteiger partial charge in [0.25, 0.3) is 0 Å². The van der Waals surface area contributed by atoms with Crippen molar-refractivity contribution >= 4 is 11.9 Å². The zero-order chi connectivity index (χ0) is 13.7. The number of rotatable bonds is 7. The molecular formula is C13H21NO5. The Morgan fingerprint density at radius 3 is 2.63 bits per heavy atom. The number of carbonyl (C=O) groups is 2. The van der Waals surface area contributed by atoms with Crippen molar-refractivity contribution in [2.24, 2.45) is 11.8 Å². The predicted octanol–water partition coefficient (Wildman–Crippen LogP) is 0.409. The van der Waals surface area contributed by atoms with Crippen molar-refractivity contribution in [1.82, 2.24) is 5.32 Å². The topological polar surface area (TPSA) is 84.9 Å². The van der Waals surface area contributed by atoms with Crippen LogP contribution in [0.15, 0.2) is 0 Å². The summed E-state index contributed by atoms with van der Waals surface area (Å²) in [7, 11) is 0. The molecule has 1 heterocycles. The van der Waals surface area contributed by atoms with E-state index in [2.05, 4.69) is 5.32 Å². The van der Waals surface area contributed by atoms with Crippen LogP contribution >= 0.6 is 0 Å². The Morgan fingerprint density at radius 1 is 1.26 bits per heavy atom. The van der Waals surface area contributed by atoms with Crippen LogP contribution < -0.4 is 5.32 Å². The molecule has 0 aromatic carbocycles. The number of nitrogens with one attached hydrogen (secondary N) is 1. The summed E-state index contributed by atoms with van der Waals surface area (Å²) in [6.07, 6.45) is 3.16. The molecule has 19 heavy (non-hydrogen) atoms. The third-order valence-electron chi connectivity index (χ3n) is 3.79. The maximum Gasteiger partial charge on any atom is 0.307 e. The van der Waals surface area contributed by atoms with E-state index >= 15 is 0 Å². The molecule has 0 aromatic heterocycles. The fraction of sp³-hybridized carbons (Fsp3) is 0.846. The number of aliphatic carboxylic acids is 1. The highest BCUT2D eigenvalue weighted by molar-refractivity contribution is 5.86.